The summed E-state index contributed by atoms with van der Waals surface area (Å²) in [6, 6.07) is 0. The summed E-state index contributed by atoms with van der Waals surface area (Å²) < 4.78 is 46.4. The Balaban J connectivity index is 4.94. The van der Waals surface area contributed by atoms with E-state index in [0.29, 0.717) is 65.2 Å². The molecule has 0 radical (unpaired) electrons. The van der Waals surface area contributed by atoms with Crippen LogP contribution in [0.3, 0.4) is 0 Å². The van der Waals surface area contributed by atoms with Gasteiger partial charge in [0, 0.05) is 0 Å². The lowest BCUT2D eigenvalue weighted by Crippen LogP contribution is -2.57. The van der Waals surface area contributed by atoms with E-state index < -0.39 is 40.6 Å². The lowest BCUT2D eigenvalue weighted by Gasteiger charge is -2.40. The summed E-state index contributed by atoms with van der Waals surface area (Å²) >= 11 is 0. The second-order valence-corrected chi connectivity index (χ2v) is 11.8. The summed E-state index contributed by atoms with van der Waals surface area (Å²) in [5.74, 6) is 0. The van der Waals surface area contributed by atoms with Crippen LogP contribution in [0.25, 0.3) is 0 Å². The Bertz CT molecular complexity index is 495. The maximum absolute atomic E-state index is 12.6. The highest BCUT2D eigenvalue weighted by atomic mass is 31.2. The van der Waals surface area contributed by atoms with Gasteiger partial charge in [-0.1, -0.05) is 0 Å². The first kappa shape index (κ1) is 32.1. The van der Waals surface area contributed by atoms with Crippen molar-refractivity contribution in [1.82, 2.24) is 4.90 Å². The predicted octanol–water partition coefficient (Wildman–Crippen LogP) is 3.10. The van der Waals surface area contributed by atoms with Crippen molar-refractivity contribution in [1.29, 1.82) is 0 Å². The maximum atomic E-state index is 12.6. The van der Waals surface area contributed by atoms with E-state index in [9.17, 15) is 24.4 Å². The third-order valence-electron chi connectivity index (χ3n) is 5.08. The van der Waals surface area contributed by atoms with Crippen molar-refractivity contribution in [3.05, 3.63) is 0 Å². The zero-order valence-electron chi connectivity index (χ0n) is 20.2. The Morgan fingerprint density at radius 3 is 1.19 bits per heavy atom. The van der Waals surface area contributed by atoms with Gasteiger partial charge in [0.1, 0.15) is 0 Å². The summed E-state index contributed by atoms with van der Waals surface area (Å²) in [6.45, 7) is 7.98. The molecule has 0 aromatic carbocycles. The van der Waals surface area contributed by atoms with E-state index in [1.807, 2.05) is 4.90 Å². The van der Waals surface area contributed by atoms with Crippen LogP contribution < -0.4 is 0 Å². The van der Waals surface area contributed by atoms with Crippen molar-refractivity contribution >= 4 is 15.2 Å². The van der Waals surface area contributed by atoms with Crippen molar-refractivity contribution in [3.63, 3.8) is 0 Å². The molecule has 0 aromatic heterocycles. The Morgan fingerprint density at radius 2 is 0.938 bits per heavy atom. The molecule has 0 bridgehead atoms. The molecule has 0 aliphatic rings. The smallest absolute Gasteiger partial charge is 0.330 e. The highest BCUT2D eigenvalue weighted by Crippen LogP contribution is 2.49. The summed E-state index contributed by atoms with van der Waals surface area (Å²) in [5.41, 5.74) is -1.17. The van der Waals surface area contributed by atoms with E-state index in [4.69, 9.17) is 18.1 Å². The fourth-order valence-electron chi connectivity index (χ4n) is 3.37. The molecule has 32 heavy (non-hydrogen) atoms. The molecule has 10 nitrogen and oxygen atoms in total. The standard InChI is InChI=1S/C20H45NO9P2/c1-5-27-31(25,28-6-2)15-11-9-13-21(20(17-22,18-23)19-24)14-10-12-16-32(26,29-7-3)30-8-4/h22-24H,5-19H2,1-4H3. The van der Waals surface area contributed by atoms with E-state index in [-0.39, 0.29) is 12.3 Å². The number of nitrogens with zero attached hydrogens (tertiary/aromatic N) is 1. The van der Waals surface area contributed by atoms with Gasteiger partial charge in [0.2, 0.25) is 0 Å². The molecule has 194 valence electrons. The molecular formula is C20H45NO9P2. The number of unbranched alkanes of at least 4 members (excludes halogenated alkanes) is 2. The van der Waals surface area contributed by atoms with Gasteiger partial charge in [-0.2, -0.15) is 0 Å². The van der Waals surface area contributed by atoms with Crippen molar-refractivity contribution in [2.45, 2.75) is 58.9 Å². The molecule has 0 atom stereocenters. The van der Waals surface area contributed by atoms with Crippen molar-refractivity contribution in [2.24, 2.45) is 0 Å². The highest BCUT2D eigenvalue weighted by molar-refractivity contribution is 7.54. The summed E-state index contributed by atoms with van der Waals surface area (Å²) in [4.78, 5) is 1.84. The van der Waals surface area contributed by atoms with Crippen LogP contribution in [-0.4, -0.2) is 97.4 Å². The molecule has 12 heteroatoms. The van der Waals surface area contributed by atoms with E-state index >= 15 is 0 Å². The minimum atomic E-state index is -3.12. The van der Waals surface area contributed by atoms with E-state index in [1.165, 1.54) is 0 Å². The number of rotatable bonds is 22. The summed E-state index contributed by atoms with van der Waals surface area (Å²) in [7, 11) is -6.25. The van der Waals surface area contributed by atoms with Crippen LogP contribution in [0.15, 0.2) is 0 Å². The third kappa shape index (κ3) is 11.5. The second-order valence-electron chi connectivity index (χ2n) is 7.44. The molecule has 3 N–H and O–H groups in total. The lowest BCUT2D eigenvalue weighted by molar-refractivity contribution is -0.0488. The SMILES string of the molecule is CCOP(=O)(CCCCN(CCCCP(=O)(OCC)OCC)C(CO)(CO)CO)OCC. The highest BCUT2D eigenvalue weighted by Gasteiger charge is 2.35. The molecule has 0 aliphatic heterocycles. The normalized spacial score (nSPS) is 13.2. The first-order valence-electron chi connectivity index (χ1n) is 11.6. The minimum absolute atomic E-state index is 0.277. The van der Waals surface area contributed by atoms with Crippen LogP contribution in [0.4, 0.5) is 0 Å². The van der Waals surface area contributed by atoms with Gasteiger partial charge in [-0.25, -0.2) is 0 Å². The molecule has 0 spiro atoms. The zero-order valence-corrected chi connectivity index (χ0v) is 22.0. The van der Waals surface area contributed by atoms with Gasteiger partial charge in [-0.3, -0.25) is 14.0 Å². The largest absolute Gasteiger partial charge is 0.394 e. The number of hydrogen-bond donors (Lipinski definition) is 3. The summed E-state index contributed by atoms with van der Waals surface area (Å²) in [5, 5.41) is 29.6. The van der Waals surface area contributed by atoms with Gasteiger partial charge in [-0.15, -0.1) is 0 Å². The van der Waals surface area contributed by atoms with E-state index in [1.54, 1.807) is 27.7 Å². The fraction of sp³-hybridized carbons (Fsp3) is 1.00. The molecule has 0 saturated carbocycles. The number of aliphatic hydroxyl groups is 3. The van der Waals surface area contributed by atoms with E-state index in [0.717, 1.165) is 0 Å². The predicted molar refractivity (Wildman–Crippen MR) is 125 cm³/mol. The van der Waals surface area contributed by atoms with Crippen molar-refractivity contribution in [3.8, 4) is 0 Å². The molecule has 0 unspecified atom stereocenters. The Labute approximate surface area is 193 Å². The van der Waals surface area contributed by atoms with Gasteiger partial charge in [0.15, 0.2) is 0 Å². The van der Waals surface area contributed by atoms with Crippen LogP contribution in [0, 0.1) is 0 Å². The minimum Gasteiger partial charge on any atom is -0.394 e. The van der Waals surface area contributed by atoms with Crippen molar-refractivity contribution < 1.29 is 42.5 Å². The molecule has 0 fully saturated rings. The Kier molecular flexibility index (Phi) is 17.6. The van der Waals surface area contributed by atoms with Gasteiger partial charge in [0.25, 0.3) is 0 Å². The Hall–Kier alpha value is 0.140. The zero-order chi connectivity index (χ0) is 24.5. The van der Waals surface area contributed by atoms with Gasteiger partial charge < -0.3 is 33.4 Å². The quantitative estimate of drug-likeness (QED) is 0.149. The molecule has 0 aromatic rings. The van der Waals surface area contributed by atoms with Crippen LogP contribution in [-0.2, 0) is 27.2 Å². The molecule has 0 heterocycles. The first-order valence-corrected chi connectivity index (χ1v) is 15.0. The molecule has 0 rings (SSSR count). The lowest BCUT2D eigenvalue weighted by atomic mass is 9.99. The van der Waals surface area contributed by atoms with Gasteiger partial charge in [-0.05, 0) is 66.5 Å². The average Bonchev–Trinajstić information content (AvgIpc) is 2.75. The molecule has 0 saturated heterocycles. The summed E-state index contributed by atoms with van der Waals surface area (Å²) in [6.07, 6.45) is 2.91. The van der Waals surface area contributed by atoms with Crippen LogP contribution in [0.1, 0.15) is 53.4 Å². The topological polar surface area (TPSA) is 135 Å². The van der Waals surface area contributed by atoms with E-state index in [2.05, 4.69) is 0 Å². The first-order chi connectivity index (χ1) is 15.2. The second kappa shape index (κ2) is 17.6. The maximum Gasteiger partial charge on any atom is 0.330 e. The molecular weight excluding hydrogens is 460 g/mol. The number of hydrogen-bond acceptors (Lipinski definition) is 10. The third-order valence-corrected chi connectivity index (χ3v) is 9.41. The van der Waals surface area contributed by atoms with Gasteiger partial charge in [0.05, 0.1) is 64.1 Å². The Morgan fingerprint density at radius 1 is 0.625 bits per heavy atom. The molecule has 0 amide bonds. The van der Waals surface area contributed by atoms with Crippen LogP contribution >= 0.6 is 15.2 Å². The van der Waals surface area contributed by atoms with Crippen molar-refractivity contribution in [2.75, 3.05) is 71.7 Å². The number of aliphatic hydroxyl groups excluding tert-OH is 3. The van der Waals surface area contributed by atoms with Gasteiger partial charge >= 0.3 is 15.2 Å². The fourth-order valence-corrected chi connectivity index (χ4v) is 6.83. The van der Waals surface area contributed by atoms with Crippen LogP contribution in [0.5, 0.6) is 0 Å². The van der Waals surface area contributed by atoms with Crippen LogP contribution in [0.2, 0.25) is 0 Å². The average molecular weight is 506 g/mol. The monoisotopic (exact) mass is 505 g/mol. The molecule has 0 aliphatic carbocycles.